The van der Waals surface area contributed by atoms with E-state index in [9.17, 15) is 0 Å². The van der Waals surface area contributed by atoms with Gasteiger partial charge in [-0.3, -0.25) is 0 Å². The number of fused-ring (bicyclic) bond motifs is 4. The zero-order chi connectivity index (χ0) is 35.8. The van der Waals surface area contributed by atoms with Gasteiger partial charge in [0.1, 0.15) is 0 Å². The van der Waals surface area contributed by atoms with Crippen molar-refractivity contribution in [2.45, 2.75) is 38.1 Å². The summed E-state index contributed by atoms with van der Waals surface area (Å²) in [4.78, 5) is 5.04. The fourth-order valence-electron chi connectivity index (χ4n) is 8.88. The van der Waals surface area contributed by atoms with Gasteiger partial charge in [0.25, 0.3) is 0 Å². The molecule has 54 heavy (non-hydrogen) atoms. The number of allylic oxidation sites excluding steroid dienone is 2. The lowest BCUT2D eigenvalue weighted by Crippen LogP contribution is -2.26. The summed E-state index contributed by atoms with van der Waals surface area (Å²) >= 11 is 0. The predicted molar refractivity (Wildman–Crippen MR) is 230 cm³/mol. The number of aryl methyl sites for hydroxylation is 2. The Hall–Kier alpha value is -6.38. The van der Waals surface area contributed by atoms with Crippen LogP contribution in [0.3, 0.4) is 0 Å². The highest BCUT2D eigenvalue weighted by Gasteiger charge is 2.28. The van der Waals surface area contributed by atoms with Gasteiger partial charge < -0.3 is 9.80 Å². The summed E-state index contributed by atoms with van der Waals surface area (Å²) in [7, 11) is 0. The van der Waals surface area contributed by atoms with Gasteiger partial charge in [-0.25, -0.2) is 0 Å². The number of rotatable bonds is 7. The second-order valence-electron chi connectivity index (χ2n) is 14.7. The molecular formula is C52H42N2. The molecule has 1 unspecified atom stereocenters. The molecule has 0 saturated heterocycles. The first kappa shape index (κ1) is 32.3. The predicted octanol–water partition coefficient (Wildman–Crippen LogP) is 14.2. The molecule has 0 saturated carbocycles. The molecule has 260 valence electrons. The van der Waals surface area contributed by atoms with Gasteiger partial charge in [-0.1, -0.05) is 146 Å². The van der Waals surface area contributed by atoms with E-state index in [1.807, 2.05) is 0 Å². The first-order chi connectivity index (χ1) is 26.8. The lowest BCUT2D eigenvalue weighted by molar-refractivity contribution is 0.700. The number of anilines is 5. The van der Waals surface area contributed by atoms with Gasteiger partial charge >= 0.3 is 0 Å². The maximum Gasteiger partial charge on any atom is 0.0632 e. The summed E-state index contributed by atoms with van der Waals surface area (Å²) in [6, 6.07) is 56.4. The average Bonchev–Trinajstić information content (AvgIpc) is 3.25. The highest BCUT2D eigenvalue weighted by atomic mass is 15.2. The van der Waals surface area contributed by atoms with Gasteiger partial charge in [-0.15, -0.1) is 0 Å². The van der Waals surface area contributed by atoms with Gasteiger partial charge in [0.2, 0.25) is 0 Å². The lowest BCUT2D eigenvalue weighted by atomic mass is 9.89. The van der Waals surface area contributed by atoms with Gasteiger partial charge in [0, 0.05) is 33.6 Å². The number of benzene rings is 7. The Morgan fingerprint density at radius 3 is 1.80 bits per heavy atom. The Balaban J connectivity index is 1.04. The van der Waals surface area contributed by atoms with Crippen LogP contribution in [0.1, 0.15) is 58.7 Å². The SMILES string of the molecule is C1=Cc2c(cccc2N(c2ccc(-c3ccc(N(c4cccc5c4C=CCC5)C4CC=Cc5ccccc54)cc3)cc2)c2cccc3ccccc23)CC1. The second kappa shape index (κ2) is 13.9. The highest BCUT2D eigenvalue weighted by Crippen LogP contribution is 2.46. The van der Waals surface area contributed by atoms with E-state index in [4.69, 9.17) is 0 Å². The topological polar surface area (TPSA) is 6.48 Å². The molecule has 0 N–H and O–H groups in total. The van der Waals surface area contributed by atoms with Crippen molar-refractivity contribution < 1.29 is 0 Å². The Morgan fingerprint density at radius 2 is 1.04 bits per heavy atom. The van der Waals surface area contributed by atoms with Gasteiger partial charge in [-0.05, 0) is 113 Å². The van der Waals surface area contributed by atoms with Crippen molar-refractivity contribution >= 4 is 57.4 Å². The van der Waals surface area contributed by atoms with E-state index >= 15 is 0 Å². The van der Waals surface area contributed by atoms with Crippen molar-refractivity contribution in [3.63, 3.8) is 0 Å². The van der Waals surface area contributed by atoms with Crippen LogP contribution in [0.5, 0.6) is 0 Å². The molecule has 7 aromatic carbocycles. The maximum atomic E-state index is 2.58. The van der Waals surface area contributed by atoms with Crippen LogP contribution in [0.25, 0.3) is 40.1 Å². The van der Waals surface area contributed by atoms with Crippen LogP contribution in [0.2, 0.25) is 0 Å². The lowest BCUT2D eigenvalue weighted by Gasteiger charge is -2.37. The van der Waals surface area contributed by atoms with Crippen molar-refractivity contribution in [3.8, 4) is 11.1 Å². The maximum absolute atomic E-state index is 2.58. The third-order valence-electron chi connectivity index (χ3n) is 11.5. The van der Waals surface area contributed by atoms with Crippen LogP contribution in [0, 0.1) is 0 Å². The Bertz CT molecular complexity index is 2580. The van der Waals surface area contributed by atoms with Crippen LogP contribution in [-0.2, 0) is 12.8 Å². The van der Waals surface area contributed by atoms with Crippen LogP contribution in [-0.4, -0.2) is 0 Å². The molecule has 0 amide bonds. The summed E-state index contributed by atoms with van der Waals surface area (Å²) in [5, 5.41) is 2.48. The van der Waals surface area contributed by atoms with E-state index in [1.54, 1.807) is 0 Å². The van der Waals surface area contributed by atoms with Gasteiger partial charge in [0.15, 0.2) is 0 Å². The standard InChI is InChI=1S/C52H42N2/c1-5-21-45-39(13-1)17-9-25-49(45)53(50-26-10-18-40-14-2-6-22-46(40)50)43-33-29-37(30-34-43)38-31-35-44(36-32-38)54(51-27-11-19-41-15-3-7-23-47(41)51)52-28-12-20-42-16-4-8-24-48(42)52/h1,3,5-13,15,17-26,28-36,51H,2,4,14,16,27H2. The van der Waals surface area contributed by atoms with Crippen LogP contribution < -0.4 is 9.80 Å². The third-order valence-corrected chi connectivity index (χ3v) is 11.5. The zero-order valence-electron chi connectivity index (χ0n) is 30.4. The fraction of sp³-hybridized carbons (Fsp3) is 0.115. The summed E-state index contributed by atoms with van der Waals surface area (Å²) in [5.41, 5.74) is 16.6. The highest BCUT2D eigenvalue weighted by molar-refractivity contribution is 6.00. The van der Waals surface area contributed by atoms with Crippen LogP contribution in [0.4, 0.5) is 28.4 Å². The molecule has 2 nitrogen and oxygen atoms in total. The molecule has 3 aliphatic carbocycles. The van der Waals surface area contributed by atoms with E-state index in [0.717, 1.165) is 37.8 Å². The molecule has 0 radical (unpaired) electrons. The summed E-state index contributed by atoms with van der Waals surface area (Å²) < 4.78 is 0. The van der Waals surface area contributed by atoms with Crippen molar-refractivity contribution in [1.29, 1.82) is 0 Å². The minimum absolute atomic E-state index is 0.205. The fourth-order valence-corrected chi connectivity index (χ4v) is 8.88. The van der Waals surface area contributed by atoms with Gasteiger partial charge in [0.05, 0.1) is 17.4 Å². The molecule has 1 atom stereocenters. The molecular weight excluding hydrogens is 653 g/mol. The summed E-state index contributed by atoms with van der Waals surface area (Å²) in [5.74, 6) is 0. The second-order valence-corrected chi connectivity index (χ2v) is 14.7. The van der Waals surface area contributed by atoms with E-state index in [2.05, 4.69) is 198 Å². The molecule has 0 aromatic heterocycles. The quantitative estimate of drug-likeness (QED) is 0.164. The summed E-state index contributed by atoms with van der Waals surface area (Å²) in [6.07, 6.45) is 19.2. The Labute approximate surface area is 318 Å². The van der Waals surface area contributed by atoms with Crippen molar-refractivity contribution in [1.82, 2.24) is 0 Å². The number of nitrogens with zero attached hydrogens (tertiary/aromatic N) is 2. The molecule has 0 bridgehead atoms. The first-order valence-corrected chi connectivity index (χ1v) is 19.4. The van der Waals surface area contributed by atoms with E-state index in [0.29, 0.717) is 0 Å². The summed E-state index contributed by atoms with van der Waals surface area (Å²) in [6.45, 7) is 0. The van der Waals surface area contributed by atoms with E-state index < -0.39 is 0 Å². The largest absolute Gasteiger partial charge is 0.333 e. The molecule has 0 aliphatic heterocycles. The third kappa shape index (κ3) is 5.76. The zero-order valence-corrected chi connectivity index (χ0v) is 30.4. The molecule has 2 heteroatoms. The van der Waals surface area contributed by atoms with Crippen molar-refractivity contribution in [2.24, 2.45) is 0 Å². The van der Waals surface area contributed by atoms with Crippen LogP contribution >= 0.6 is 0 Å². The van der Waals surface area contributed by atoms with Gasteiger partial charge in [-0.2, -0.15) is 0 Å². The number of hydrogen-bond acceptors (Lipinski definition) is 2. The molecule has 0 fully saturated rings. The van der Waals surface area contributed by atoms with Crippen LogP contribution in [0.15, 0.2) is 170 Å². The molecule has 3 aliphatic rings. The Kier molecular flexibility index (Phi) is 8.30. The molecule has 0 spiro atoms. The molecule has 7 aromatic rings. The Morgan fingerprint density at radius 1 is 0.444 bits per heavy atom. The average molecular weight is 695 g/mol. The molecule has 10 rings (SSSR count). The first-order valence-electron chi connectivity index (χ1n) is 19.4. The number of hydrogen-bond donors (Lipinski definition) is 0. The van der Waals surface area contributed by atoms with Crippen molar-refractivity contribution in [3.05, 3.63) is 203 Å². The smallest absolute Gasteiger partial charge is 0.0632 e. The minimum atomic E-state index is 0.205. The van der Waals surface area contributed by atoms with E-state index in [1.165, 1.54) is 78.0 Å². The molecule has 0 heterocycles. The van der Waals surface area contributed by atoms with E-state index in [-0.39, 0.29) is 6.04 Å². The normalized spacial score (nSPS) is 15.4. The monoisotopic (exact) mass is 694 g/mol. The minimum Gasteiger partial charge on any atom is -0.333 e. The van der Waals surface area contributed by atoms with Crippen molar-refractivity contribution in [2.75, 3.05) is 9.80 Å².